The molecule has 2 aromatic carbocycles. The Bertz CT molecular complexity index is 805. The maximum Gasteiger partial charge on any atom is 0.313 e. The number of benzene rings is 2. The third kappa shape index (κ3) is 4.75. The number of nitrogens with two attached hydrogens (primary N) is 1. The van der Waals surface area contributed by atoms with Gasteiger partial charge in [-0.25, -0.2) is 4.39 Å². The molecular formula is C20H23FN4O2. The number of para-hydroxylation sites is 1. The summed E-state index contributed by atoms with van der Waals surface area (Å²) in [6.45, 7) is 2.86. The smallest absolute Gasteiger partial charge is 0.313 e. The van der Waals surface area contributed by atoms with Crippen LogP contribution in [-0.4, -0.2) is 38.0 Å². The monoisotopic (exact) mass is 370 g/mol. The van der Waals surface area contributed by atoms with Crippen LogP contribution >= 0.6 is 0 Å². The normalized spacial score (nSPS) is 14.1. The highest BCUT2D eigenvalue weighted by molar-refractivity contribution is 5.94. The SMILES string of the molecule is N=C(N)CC(=O)OCc1cccc(N2CCN(c3ccccc3)CC2)c1F. The zero-order chi connectivity index (χ0) is 19.2. The first-order chi connectivity index (χ1) is 13.0. The van der Waals surface area contributed by atoms with Gasteiger partial charge in [0.05, 0.1) is 5.69 Å². The van der Waals surface area contributed by atoms with Crippen LogP contribution in [0.25, 0.3) is 0 Å². The Kier molecular flexibility index (Phi) is 5.90. The van der Waals surface area contributed by atoms with Crippen LogP contribution in [0.15, 0.2) is 48.5 Å². The fourth-order valence-electron chi connectivity index (χ4n) is 3.13. The van der Waals surface area contributed by atoms with Gasteiger partial charge in [0.25, 0.3) is 0 Å². The summed E-state index contributed by atoms with van der Waals surface area (Å²) in [4.78, 5) is 15.8. The Balaban J connectivity index is 1.62. The zero-order valence-electron chi connectivity index (χ0n) is 15.0. The van der Waals surface area contributed by atoms with Crippen LogP contribution in [0, 0.1) is 11.2 Å². The summed E-state index contributed by atoms with van der Waals surface area (Å²) < 4.78 is 19.9. The van der Waals surface area contributed by atoms with Crippen molar-refractivity contribution in [2.45, 2.75) is 13.0 Å². The van der Waals surface area contributed by atoms with Gasteiger partial charge in [0.15, 0.2) is 5.82 Å². The van der Waals surface area contributed by atoms with E-state index in [1.807, 2.05) is 23.1 Å². The van der Waals surface area contributed by atoms with Crippen molar-refractivity contribution >= 4 is 23.2 Å². The van der Waals surface area contributed by atoms with E-state index in [2.05, 4.69) is 17.0 Å². The van der Waals surface area contributed by atoms with Crippen LogP contribution in [0.3, 0.4) is 0 Å². The molecule has 0 unspecified atom stereocenters. The Morgan fingerprint density at radius 1 is 1.04 bits per heavy atom. The maximum atomic E-state index is 14.9. The lowest BCUT2D eigenvalue weighted by Crippen LogP contribution is -2.46. The molecule has 3 N–H and O–H groups in total. The first kappa shape index (κ1) is 18.7. The van der Waals surface area contributed by atoms with E-state index in [1.54, 1.807) is 18.2 Å². The number of piperazine rings is 1. The lowest BCUT2D eigenvalue weighted by molar-refractivity contribution is -0.143. The summed E-state index contributed by atoms with van der Waals surface area (Å²) in [5.41, 5.74) is 7.17. The van der Waals surface area contributed by atoms with E-state index in [9.17, 15) is 9.18 Å². The van der Waals surface area contributed by atoms with Crippen LogP contribution in [0.5, 0.6) is 0 Å². The number of nitrogens with zero attached hydrogens (tertiary/aromatic N) is 2. The number of ether oxygens (including phenoxy) is 1. The average Bonchev–Trinajstić information content (AvgIpc) is 2.67. The van der Waals surface area contributed by atoms with Crippen LogP contribution in [0.4, 0.5) is 15.8 Å². The van der Waals surface area contributed by atoms with Crippen molar-refractivity contribution in [3.05, 3.63) is 59.9 Å². The highest BCUT2D eigenvalue weighted by Gasteiger charge is 2.21. The number of rotatable bonds is 6. The lowest BCUT2D eigenvalue weighted by Gasteiger charge is -2.37. The zero-order valence-corrected chi connectivity index (χ0v) is 15.0. The minimum Gasteiger partial charge on any atom is -0.460 e. The second-order valence-electron chi connectivity index (χ2n) is 6.42. The summed E-state index contributed by atoms with van der Waals surface area (Å²) >= 11 is 0. The van der Waals surface area contributed by atoms with Crippen molar-refractivity contribution in [1.82, 2.24) is 0 Å². The molecular weight excluding hydrogens is 347 g/mol. The molecule has 0 bridgehead atoms. The molecule has 1 saturated heterocycles. The number of esters is 1. The van der Waals surface area contributed by atoms with Crippen molar-refractivity contribution in [3.63, 3.8) is 0 Å². The summed E-state index contributed by atoms with van der Waals surface area (Å²) in [5, 5.41) is 7.09. The molecule has 0 spiro atoms. The minimum absolute atomic E-state index is 0.171. The number of hydrogen-bond donors (Lipinski definition) is 2. The molecule has 1 heterocycles. The molecule has 0 saturated carbocycles. The van der Waals surface area contributed by atoms with E-state index < -0.39 is 5.97 Å². The van der Waals surface area contributed by atoms with E-state index in [0.29, 0.717) is 24.3 Å². The highest BCUT2D eigenvalue weighted by atomic mass is 19.1. The fraction of sp³-hybridized carbons (Fsp3) is 0.300. The third-order valence-corrected chi connectivity index (χ3v) is 4.52. The molecule has 27 heavy (non-hydrogen) atoms. The molecule has 1 fully saturated rings. The number of amidine groups is 1. The van der Waals surface area contributed by atoms with E-state index in [0.717, 1.165) is 13.1 Å². The van der Waals surface area contributed by atoms with Gasteiger partial charge in [-0.15, -0.1) is 0 Å². The first-order valence-electron chi connectivity index (χ1n) is 8.85. The molecule has 2 aromatic rings. The Morgan fingerprint density at radius 3 is 2.37 bits per heavy atom. The molecule has 1 aliphatic heterocycles. The van der Waals surface area contributed by atoms with Gasteiger partial charge in [-0.1, -0.05) is 30.3 Å². The van der Waals surface area contributed by atoms with Gasteiger partial charge in [0, 0.05) is 37.4 Å². The van der Waals surface area contributed by atoms with Gasteiger partial charge >= 0.3 is 5.97 Å². The van der Waals surface area contributed by atoms with Crippen molar-refractivity contribution in [2.24, 2.45) is 5.73 Å². The number of halogens is 1. The van der Waals surface area contributed by atoms with Crippen LogP contribution in [0.1, 0.15) is 12.0 Å². The Hall–Kier alpha value is -3.09. The second-order valence-corrected chi connectivity index (χ2v) is 6.42. The number of carbonyl (C=O) groups excluding carboxylic acids is 1. The summed E-state index contributed by atoms with van der Waals surface area (Å²) in [6, 6.07) is 15.3. The summed E-state index contributed by atoms with van der Waals surface area (Å²) in [6.07, 6.45) is -0.289. The first-order valence-corrected chi connectivity index (χ1v) is 8.85. The Labute approximate surface area is 157 Å². The molecule has 0 aromatic heterocycles. The van der Waals surface area contributed by atoms with E-state index in [1.165, 1.54) is 5.69 Å². The molecule has 0 atom stereocenters. The number of nitrogens with one attached hydrogen (secondary N) is 1. The molecule has 0 amide bonds. The van der Waals surface area contributed by atoms with Crippen molar-refractivity contribution < 1.29 is 13.9 Å². The summed E-state index contributed by atoms with van der Waals surface area (Å²) in [7, 11) is 0. The topological polar surface area (TPSA) is 82.6 Å². The Morgan fingerprint density at radius 2 is 1.70 bits per heavy atom. The third-order valence-electron chi connectivity index (χ3n) is 4.52. The van der Waals surface area contributed by atoms with Crippen molar-refractivity contribution in [1.29, 1.82) is 5.41 Å². The van der Waals surface area contributed by atoms with Gasteiger partial charge in [-0.3, -0.25) is 10.2 Å². The van der Waals surface area contributed by atoms with Gasteiger partial charge in [-0.2, -0.15) is 0 Å². The van der Waals surface area contributed by atoms with Crippen molar-refractivity contribution in [2.75, 3.05) is 36.0 Å². The van der Waals surface area contributed by atoms with E-state index in [4.69, 9.17) is 15.9 Å². The largest absolute Gasteiger partial charge is 0.460 e. The number of carbonyl (C=O) groups is 1. The molecule has 0 aliphatic carbocycles. The molecule has 1 aliphatic rings. The molecule has 0 radical (unpaired) electrons. The van der Waals surface area contributed by atoms with Crippen molar-refractivity contribution in [3.8, 4) is 0 Å². The van der Waals surface area contributed by atoms with E-state index >= 15 is 0 Å². The van der Waals surface area contributed by atoms with Crippen LogP contribution in [0.2, 0.25) is 0 Å². The number of hydrogen-bond acceptors (Lipinski definition) is 5. The highest BCUT2D eigenvalue weighted by Crippen LogP contribution is 2.25. The lowest BCUT2D eigenvalue weighted by atomic mass is 10.1. The molecule has 3 rings (SSSR count). The van der Waals surface area contributed by atoms with Gasteiger partial charge in [-0.05, 0) is 18.2 Å². The van der Waals surface area contributed by atoms with Gasteiger partial charge in [0.1, 0.15) is 18.9 Å². The predicted molar refractivity (Wildman–Crippen MR) is 104 cm³/mol. The minimum atomic E-state index is -0.635. The quantitative estimate of drug-likeness (QED) is 0.464. The maximum absolute atomic E-state index is 14.9. The molecule has 6 nitrogen and oxygen atoms in total. The predicted octanol–water partition coefficient (Wildman–Crippen LogP) is 2.52. The van der Waals surface area contributed by atoms with Gasteiger partial charge < -0.3 is 20.3 Å². The average molecular weight is 370 g/mol. The molecule has 7 heteroatoms. The fourth-order valence-corrected chi connectivity index (χ4v) is 3.13. The van der Waals surface area contributed by atoms with Crippen LogP contribution < -0.4 is 15.5 Å². The van der Waals surface area contributed by atoms with Gasteiger partial charge in [0.2, 0.25) is 0 Å². The summed E-state index contributed by atoms with van der Waals surface area (Å²) in [5.74, 6) is -1.28. The number of anilines is 2. The standard InChI is InChI=1S/C20H23FN4O2/c21-20-15(14-27-19(26)13-18(22)23)5-4-8-17(20)25-11-9-24(10-12-25)16-6-2-1-3-7-16/h1-8H,9-14H2,(H3,22,23). The molecule has 142 valence electrons. The second kappa shape index (κ2) is 8.53. The van der Waals surface area contributed by atoms with E-state index in [-0.39, 0.29) is 24.7 Å². The van der Waals surface area contributed by atoms with Crippen LogP contribution in [-0.2, 0) is 16.1 Å².